The van der Waals surface area contributed by atoms with Gasteiger partial charge in [-0.15, -0.1) is 0 Å². The number of nitrogens with zero attached hydrogens (tertiary/aromatic N) is 1. The predicted octanol–water partition coefficient (Wildman–Crippen LogP) is 4.48. The fourth-order valence-corrected chi connectivity index (χ4v) is 2.53. The van der Waals surface area contributed by atoms with Crippen LogP contribution in [0.5, 0.6) is 0 Å². The van der Waals surface area contributed by atoms with Gasteiger partial charge in [0.05, 0.1) is 5.56 Å². The van der Waals surface area contributed by atoms with Gasteiger partial charge in [-0.3, -0.25) is 0 Å². The lowest BCUT2D eigenvalue weighted by Crippen LogP contribution is -2.19. The van der Waals surface area contributed by atoms with Crippen molar-refractivity contribution in [3.63, 3.8) is 0 Å². The molecule has 0 aliphatic heterocycles. The van der Waals surface area contributed by atoms with E-state index in [2.05, 4.69) is 17.2 Å². The van der Waals surface area contributed by atoms with Crippen LogP contribution in [-0.4, -0.2) is 11.0 Å². The molecule has 0 bridgehead atoms. The van der Waals surface area contributed by atoms with Crippen molar-refractivity contribution < 1.29 is 13.2 Å². The zero-order valence-electron chi connectivity index (χ0n) is 11.0. The lowest BCUT2D eigenvalue weighted by molar-refractivity contribution is -0.137. The summed E-state index contributed by atoms with van der Waals surface area (Å²) in [6.07, 6.45) is 2.35. The predicted molar refractivity (Wildman–Crippen MR) is 68.9 cm³/mol. The maximum Gasteiger partial charge on any atom is 0.416 e. The second-order valence-corrected chi connectivity index (χ2v) is 5.38. The molecule has 0 aromatic carbocycles. The summed E-state index contributed by atoms with van der Waals surface area (Å²) < 4.78 is 37.8. The maximum atomic E-state index is 12.6. The van der Waals surface area contributed by atoms with Crippen molar-refractivity contribution in [2.24, 2.45) is 5.92 Å². The van der Waals surface area contributed by atoms with Crippen LogP contribution in [0.25, 0.3) is 0 Å². The molecule has 5 heteroatoms. The van der Waals surface area contributed by atoms with Gasteiger partial charge in [0.15, 0.2) is 0 Å². The van der Waals surface area contributed by atoms with Crippen LogP contribution in [0.3, 0.4) is 0 Å². The van der Waals surface area contributed by atoms with Gasteiger partial charge >= 0.3 is 6.18 Å². The molecular weight excluding hydrogens is 253 g/mol. The first-order valence-corrected chi connectivity index (χ1v) is 6.75. The molecule has 1 fully saturated rings. The number of halogens is 3. The lowest BCUT2D eigenvalue weighted by atomic mass is 10.0. The van der Waals surface area contributed by atoms with Crippen LogP contribution in [0.2, 0.25) is 0 Å². The zero-order chi connectivity index (χ0) is 13.9. The van der Waals surface area contributed by atoms with E-state index in [-0.39, 0.29) is 6.04 Å². The molecule has 106 valence electrons. The van der Waals surface area contributed by atoms with Gasteiger partial charge in [0, 0.05) is 12.2 Å². The minimum Gasteiger partial charge on any atom is -0.367 e. The number of pyridine rings is 1. The first-order chi connectivity index (χ1) is 8.95. The molecule has 19 heavy (non-hydrogen) atoms. The molecule has 0 radical (unpaired) electrons. The van der Waals surface area contributed by atoms with Gasteiger partial charge in [-0.2, -0.15) is 13.2 Å². The van der Waals surface area contributed by atoms with E-state index in [1.807, 2.05) is 0 Å². The molecule has 2 nitrogen and oxygen atoms in total. The monoisotopic (exact) mass is 272 g/mol. The van der Waals surface area contributed by atoms with Gasteiger partial charge in [-0.1, -0.05) is 19.8 Å². The van der Waals surface area contributed by atoms with Gasteiger partial charge in [0.25, 0.3) is 0 Å². The van der Waals surface area contributed by atoms with Gasteiger partial charge in [0.2, 0.25) is 0 Å². The van der Waals surface area contributed by atoms with E-state index in [9.17, 15) is 13.2 Å². The molecule has 0 amide bonds. The fraction of sp³-hybridized carbons (Fsp3) is 0.643. The standard InChI is InChI=1S/C14H19F3N2/c1-10-3-2-4-12(6-5-10)19-13-9-11(7-8-18-13)14(15,16)17/h7-10,12H,2-6H2,1H3,(H,18,19). The summed E-state index contributed by atoms with van der Waals surface area (Å²) in [6, 6.07) is 2.33. The van der Waals surface area contributed by atoms with Gasteiger partial charge < -0.3 is 5.32 Å². The highest BCUT2D eigenvalue weighted by molar-refractivity contribution is 5.39. The summed E-state index contributed by atoms with van der Waals surface area (Å²) in [5.41, 5.74) is -0.646. The van der Waals surface area contributed by atoms with Crippen LogP contribution >= 0.6 is 0 Å². The molecule has 0 saturated heterocycles. The van der Waals surface area contributed by atoms with Crippen LogP contribution in [-0.2, 0) is 6.18 Å². The Morgan fingerprint density at radius 1 is 1.21 bits per heavy atom. The Morgan fingerprint density at radius 2 is 2.00 bits per heavy atom. The van der Waals surface area contributed by atoms with E-state index < -0.39 is 11.7 Å². The molecule has 1 heterocycles. The molecule has 1 saturated carbocycles. The third-order valence-electron chi connectivity index (χ3n) is 3.70. The molecule has 2 atom stereocenters. The average molecular weight is 272 g/mol. The lowest BCUT2D eigenvalue weighted by Gasteiger charge is -2.18. The summed E-state index contributed by atoms with van der Waals surface area (Å²) in [5.74, 6) is 1.04. The Labute approximate surface area is 111 Å². The van der Waals surface area contributed by atoms with Crippen LogP contribution in [0.15, 0.2) is 18.3 Å². The average Bonchev–Trinajstić information content (AvgIpc) is 2.54. The Bertz CT molecular complexity index is 417. The maximum absolute atomic E-state index is 12.6. The number of hydrogen-bond donors (Lipinski definition) is 1. The molecule has 1 aliphatic carbocycles. The summed E-state index contributed by atoms with van der Waals surface area (Å²) in [7, 11) is 0. The quantitative estimate of drug-likeness (QED) is 0.803. The van der Waals surface area contributed by atoms with E-state index in [0.717, 1.165) is 37.8 Å². The highest BCUT2D eigenvalue weighted by Gasteiger charge is 2.30. The zero-order valence-corrected chi connectivity index (χ0v) is 11.0. The van der Waals surface area contributed by atoms with Crippen molar-refractivity contribution in [1.29, 1.82) is 0 Å². The topological polar surface area (TPSA) is 24.9 Å². The first kappa shape index (κ1) is 14.2. The SMILES string of the molecule is CC1CCCC(Nc2cc(C(F)(F)F)ccn2)CC1. The van der Waals surface area contributed by atoms with Crippen molar-refractivity contribution >= 4 is 5.82 Å². The smallest absolute Gasteiger partial charge is 0.367 e. The third kappa shape index (κ3) is 4.11. The highest BCUT2D eigenvalue weighted by atomic mass is 19.4. The third-order valence-corrected chi connectivity index (χ3v) is 3.70. The summed E-state index contributed by atoms with van der Waals surface area (Å²) >= 11 is 0. The molecule has 1 aliphatic rings. The number of rotatable bonds is 2. The Hall–Kier alpha value is -1.26. The second kappa shape index (κ2) is 5.80. The number of alkyl halides is 3. The Kier molecular flexibility index (Phi) is 4.32. The summed E-state index contributed by atoms with van der Waals surface area (Å²) in [5, 5.41) is 3.14. The molecule has 1 aromatic heterocycles. The minimum absolute atomic E-state index is 0.237. The molecule has 0 spiro atoms. The van der Waals surface area contributed by atoms with Crippen LogP contribution in [0.4, 0.5) is 19.0 Å². The molecule has 1 aromatic rings. The van der Waals surface area contributed by atoms with Crippen LogP contribution in [0, 0.1) is 5.92 Å². The molecule has 1 N–H and O–H groups in total. The van der Waals surface area contributed by atoms with E-state index in [4.69, 9.17) is 0 Å². The molecule has 2 rings (SSSR count). The molecule has 2 unspecified atom stereocenters. The normalized spacial score (nSPS) is 24.8. The second-order valence-electron chi connectivity index (χ2n) is 5.38. The van der Waals surface area contributed by atoms with Gasteiger partial charge in [0.1, 0.15) is 5.82 Å². The van der Waals surface area contributed by atoms with Crippen molar-refractivity contribution in [3.8, 4) is 0 Å². The summed E-state index contributed by atoms with van der Waals surface area (Å²) in [4.78, 5) is 3.99. The Balaban J connectivity index is 2.02. The number of aromatic nitrogens is 1. The molecular formula is C14H19F3N2. The van der Waals surface area contributed by atoms with Crippen LogP contribution < -0.4 is 5.32 Å². The Morgan fingerprint density at radius 3 is 2.74 bits per heavy atom. The summed E-state index contributed by atoms with van der Waals surface area (Å²) in [6.45, 7) is 2.23. The van der Waals surface area contributed by atoms with Gasteiger partial charge in [-0.05, 0) is 37.3 Å². The number of hydrogen-bond acceptors (Lipinski definition) is 2. The number of nitrogens with one attached hydrogen (secondary N) is 1. The minimum atomic E-state index is -4.31. The van der Waals surface area contributed by atoms with E-state index in [0.29, 0.717) is 11.7 Å². The van der Waals surface area contributed by atoms with Crippen molar-refractivity contribution in [2.45, 2.75) is 51.2 Å². The fourth-order valence-electron chi connectivity index (χ4n) is 2.53. The van der Waals surface area contributed by atoms with E-state index in [1.165, 1.54) is 12.6 Å². The number of anilines is 1. The van der Waals surface area contributed by atoms with Crippen LogP contribution in [0.1, 0.15) is 44.6 Å². The van der Waals surface area contributed by atoms with Gasteiger partial charge in [-0.25, -0.2) is 4.98 Å². The highest BCUT2D eigenvalue weighted by Crippen LogP contribution is 2.31. The largest absolute Gasteiger partial charge is 0.416 e. The van der Waals surface area contributed by atoms with E-state index >= 15 is 0 Å². The van der Waals surface area contributed by atoms with Crippen molar-refractivity contribution in [2.75, 3.05) is 5.32 Å². The van der Waals surface area contributed by atoms with Crippen molar-refractivity contribution in [3.05, 3.63) is 23.9 Å². The van der Waals surface area contributed by atoms with Crippen molar-refractivity contribution in [1.82, 2.24) is 4.98 Å². The van der Waals surface area contributed by atoms with E-state index in [1.54, 1.807) is 0 Å². The first-order valence-electron chi connectivity index (χ1n) is 6.75.